The summed E-state index contributed by atoms with van der Waals surface area (Å²) in [5, 5.41) is 9.53. The third-order valence-electron chi connectivity index (χ3n) is 6.09. The zero-order valence-corrected chi connectivity index (χ0v) is 21.3. The van der Waals surface area contributed by atoms with Crippen molar-refractivity contribution in [3.63, 3.8) is 0 Å². The van der Waals surface area contributed by atoms with E-state index in [0.29, 0.717) is 11.6 Å². The molecule has 0 saturated carbocycles. The Morgan fingerprint density at radius 1 is 1.06 bits per heavy atom. The van der Waals surface area contributed by atoms with E-state index < -0.39 is 5.97 Å². The van der Waals surface area contributed by atoms with Gasteiger partial charge >= 0.3 is 5.97 Å². The number of fused-ring (bicyclic) bond motifs is 1. The number of carbonyl (C=O) groups is 1. The fourth-order valence-corrected chi connectivity index (χ4v) is 4.59. The van der Waals surface area contributed by atoms with E-state index in [4.69, 9.17) is 31.4 Å². The van der Waals surface area contributed by atoms with Crippen molar-refractivity contribution in [1.29, 1.82) is 0 Å². The molecule has 0 atom stereocenters. The van der Waals surface area contributed by atoms with Crippen LogP contribution < -0.4 is 4.74 Å². The van der Waals surface area contributed by atoms with Crippen molar-refractivity contribution in [1.82, 2.24) is 14.5 Å². The van der Waals surface area contributed by atoms with Crippen LogP contribution in [0, 0.1) is 13.8 Å². The molecule has 4 aromatic rings. The van der Waals surface area contributed by atoms with E-state index in [0.717, 1.165) is 64.4 Å². The smallest absolute Gasteiger partial charge is 0.335 e. The second kappa shape index (κ2) is 10.5. The van der Waals surface area contributed by atoms with Crippen LogP contribution in [0.4, 0.5) is 0 Å². The fourth-order valence-electron chi connectivity index (χ4n) is 4.36. The highest BCUT2D eigenvalue weighted by atomic mass is 35.5. The molecule has 4 rings (SSSR count). The normalized spacial score (nSPS) is 11.2. The van der Waals surface area contributed by atoms with Crippen LogP contribution in [0.5, 0.6) is 5.75 Å². The molecular formula is C28H30ClN3O3. The molecule has 35 heavy (non-hydrogen) atoms. The van der Waals surface area contributed by atoms with Crippen molar-refractivity contribution in [2.24, 2.45) is 0 Å². The number of pyridine rings is 1. The molecular weight excluding hydrogens is 462 g/mol. The van der Waals surface area contributed by atoms with Crippen LogP contribution in [-0.4, -0.2) is 25.6 Å². The Labute approximate surface area is 210 Å². The van der Waals surface area contributed by atoms with Crippen molar-refractivity contribution in [3.05, 3.63) is 86.8 Å². The Balaban J connectivity index is 1.60. The van der Waals surface area contributed by atoms with Crippen molar-refractivity contribution < 1.29 is 14.6 Å². The lowest BCUT2D eigenvalue weighted by Crippen LogP contribution is -2.07. The highest BCUT2D eigenvalue weighted by molar-refractivity contribution is 6.31. The molecule has 182 valence electrons. The summed E-state index contributed by atoms with van der Waals surface area (Å²) in [5.41, 5.74) is 7.23. The first-order valence-corrected chi connectivity index (χ1v) is 12.3. The van der Waals surface area contributed by atoms with E-state index in [2.05, 4.69) is 43.5 Å². The largest absolute Gasteiger partial charge is 0.489 e. The number of imidazole rings is 1. The van der Waals surface area contributed by atoms with Gasteiger partial charge in [0.1, 0.15) is 23.7 Å². The number of nitrogens with zero attached hydrogens (tertiary/aromatic N) is 3. The maximum atomic E-state index is 11.2. The minimum absolute atomic E-state index is 0.160. The summed E-state index contributed by atoms with van der Waals surface area (Å²) in [4.78, 5) is 20.8. The van der Waals surface area contributed by atoms with Gasteiger partial charge in [-0.15, -0.1) is 0 Å². The molecule has 2 heterocycles. The molecule has 0 radical (unpaired) electrons. The van der Waals surface area contributed by atoms with Crippen LogP contribution in [0.25, 0.3) is 11.2 Å². The van der Waals surface area contributed by atoms with Gasteiger partial charge in [0.25, 0.3) is 0 Å². The second-order valence-corrected chi connectivity index (χ2v) is 9.22. The number of aryl methyl sites for hydroxylation is 4. The fraction of sp³-hybridized carbons (Fsp3) is 0.321. The molecule has 0 saturated heterocycles. The Hall–Kier alpha value is -3.38. The molecule has 0 aliphatic carbocycles. The summed E-state index contributed by atoms with van der Waals surface area (Å²) in [7, 11) is 0. The third-order valence-corrected chi connectivity index (χ3v) is 6.44. The number of benzene rings is 2. The lowest BCUT2D eigenvalue weighted by molar-refractivity contribution is 0.0697. The summed E-state index contributed by atoms with van der Waals surface area (Å²) < 4.78 is 8.34. The second-order valence-electron chi connectivity index (χ2n) is 8.81. The monoisotopic (exact) mass is 491 g/mol. The quantitative estimate of drug-likeness (QED) is 0.287. The minimum Gasteiger partial charge on any atom is -0.489 e. The number of aromatic nitrogens is 3. The van der Waals surface area contributed by atoms with Crippen molar-refractivity contribution in [3.8, 4) is 5.75 Å². The molecule has 7 heteroatoms. The molecule has 0 amide bonds. The summed E-state index contributed by atoms with van der Waals surface area (Å²) in [5.74, 6) is 0.834. The van der Waals surface area contributed by atoms with Gasteiger partial charge in [-0.2, -0.15) is 0 Å². The number of ether oxygens (including phenoxy) is 1. The molecule has 0 spiro atoms. The zero-order valence-electron chi connectivity index (χ0n) is 20.6. The molecule has 2 aromatic carbocycles. The number of hydrogen-bond acceptors (Lipinski definition) is 4. The van der Waals surface area contributed by atoms with Crippen molar-refractivity contribution in [2.75, 3.05) is 0 Å². The Morgan fingerprint density at radius 2 is 1.86 bits per heavy atom. The number of carboxylic acids is 1. The maximum absolute atomic E-state index is 11.2. The number of halogens is 1. The van der Waals surface area contributed by atoms with Gasteiger partial charge in [0.05, 0.1) is 12.1 Å². The van der Waals surface area contributed by atoms with Gasteiger partial charge < -0.3 is 14.4 Å². The first kappa shape index (κ1) is 24.7. The van der Waals surface area contributed by atoms with E-state index in [-0.39, 0.29) is 12.2 Å². The van der Waals surface area contributed by atoms with Crippen LogP contribution in [0.15, 0.2) is 42.5 Å². The molecule has 0 bridgehead atoms. The summed E-state index contributed by atoms with van der Waals surface area (Å²) in [6.07, 6.45) is 2.71. The molecule has 0 aliphatic rings. The predicted octanol–water partition coefficient (Wildman–Crippen LogP) is 6.54. The number of carboxylic acid groups (broad SMARTS) is 1. The summed E-state index contributed by atoms with van der Waals surface area (Å²) in [6, 6.07) is 13.1. The first-order chi connectivity index (χ1) is 16.8. The molecule has 2 aromatic heterocycles. The van der Waals surface area contributed by atoms with Crippen LogP contribution in [0.1, 0.15) is 64.4 Å². The van der Waals surface area contributed by atoms with Crippen LogP contribution in [0.3, 0.4) is 0 Å². The summed E-state index contributed by atoms with van der Waals surface area (Å²) in [6.45, 7) is 9.32. The van der Waals surface area contributed by atoms with Crippen LogP contribution in [-0.2, 0) is 26.0 Å². The topological polar surface area (TPSA) is 77.2 Å². The Bertz CT molecular complexity index is 1390. The van der Waals surface area contributed by atoms with E-state index in [1.807, 2.05) is 13.0 Å². The van der Waals surface area contributed by atoms with Gasteiger partial charge in [0.2, 0.25) is 0 Å². The van der Waals surface area contributed by atoms with Crippen molar-refractivity contribution in [2.45, 2.75) is 60.1 Å². The Morgan fingerprint density at radius 3 is 2.54 bits per heavy atom. The van der Waals surface area contributed by atoms with E-state index in [1.54, 1.807) is 12.1 Å². The van der Waals surface area contributed by atoms with Gasteiger partial charge in [-0.25, -0.2) is 14.8 Å². The van der Waals surface area contributed by atoms with E-state index >= 15 is 0 Å². The average Bonchev–Trinajstić information content (AvgIpc) is 3.17. The van der Waals surface area contributed by atoms with Gasteiger partial charge in [-0.1, -0.05) is 50.1 Å². The van der Waals surface area contributed by atoms with Gasteiger partial charge in [-0.05, 0) is 61.2 Å². The summed E-state index contributed by atoms with van der Waals surface area (Å²) >= 11 is 6.29. The third kappa shape index (κ3) is 5.33. The molecule has 0 aliphatic heterocycles. The Kier molecular flexibility index (Phi) is 7.41. The highest BCUT2D eigenvalue weighted by Crippen LogP contribution is 2.27. The lowest BCUT2D eigenvalue weighted by atomic mass is 10.0. The first-order valence-electron chi connectivity index (χ1n) is 11.9. The van der Waals surface area contributed by atoms with Gasteiger partial charge in [0, 0.05) is 22.7 Å². The molecule has 0 fully saturated rings. The van der Waals surface area contributed by atoms with Crippen LogP contribution in [0.2, 0.25) is 5.02 Å². The molecule has 0 unspecified atom stereocenters. The van der Waals surface area contributed by atoms with Gasteiger partial charge in [-0.3, -0.25) is 0 Å². The zero-order chi connectivity index (χ0) is 25.1. The van der Waals surface area contributed by atoms with Crippen molar-refractivity contribution >= 4 is 28.7 Å². The van der Waals surface area contributed by atoms with Gasteiger partial charge in [0.15, 0.2) is 5.65 Å². The SMILES string of the molecule is CCCc1cc(Cn2c(CC)nc3c(C)cc(C)nc32)ccc1OCc1ccc(C(=O)O)cc1Cl. The molecule has 6 nitrogen and oxygen atoms in total. The predicted molar refractivity (Wildman–Crippen MR) is 139 cm³/mol. The average molecular weight is 492 g/mol. The lowest BCUT2D eigenvalue weighted by Gasteiger charge is -2.15. The molecule has 1 N–H and O–H groups in total. The minimum atomic E-state index is -1.00. The van der Waals surface area contributed by atoms with Crippen LogP contribution >= 0.6 is 11.6 Å². The van der Waals surface area contributed by atoms with E-state index in [1.165, 1.54) is 11.6 Å². The number of hydrogen-bond donors (Lipinski definition) is 1. The number of rotatable bonds is 9. The standard InChI is InChI=1S/C28H30ClN3O3/c1-5-7-20-13-19(15-32-25(6-2)31-26-17(3)12-18(4)30-27(26)32)8-11-24(20)35-16-22-10-9-21(28(33)34)14-23(22)29/h8-14H,5-7,15-16H2,1-4H3,(H,33,34). The van der Waals surface area contributed by atoms with E-state index in [9.17, 15) is 4.79 Å². The highest BCUT2D eigenvalue weighted by Gasteiger charge is 2.15. The number of aromatic carboxylic acids is 1. The maximum Gasteiger partial charge on any atom is 0.335 e.